The number of hydrogen-bond donors (Lipinski definition) is 1. The molecule has 0 fully saturated rings. The standard InChI is InChI=1S/C11H17ClN2O/c1-11(2,8-15-3)14-7-9-4-5-10(12)13-6-9/h4-6,14H,7-8H2,1-3H3. The Labute approximate surface area is 95.8 Å². The topological polar surface area (TPSA) is 34.1 Å². The van der Waals surface area contributed by atoms with Gasteiger partial charge in [-0.2, -0.15) is 0 Å². The van der Waals surface area contributed by atoms with Gasteiger partial charge in [0, 0.05) is 25.4 Å². The van der Waals surface area contributed by atoms with Gasteiger partial charge in [-0.05, 0) is 25.5 Å². The molecule has 4 heteroatoms. The third kappa shape index (κ3) is 4.60. The predicted octanol–water partition coefficient (Wildman–Crippen LogP) is 2.25. The van der Waals surface area contributed by atoms with Gasteiger partial charge in [-0.25, -0.2) is 4.98 Å². The average Bonchev–Trinajstić information content (AvgIpc) is 2.17. The molecule has 1 N–H and O–H groups in total. The highest BCUT2D eigenvalue weighted by Gasteiger charge is 2.15. The molecule has 0 aliphatic heterocycles. The van der Waals surface area contributed by atoms with Crippen molar-refractivity contribution in [1.29, 1.82) is 0 Å². The highest BCUT2D eigenvalue weighted by molar-refractivity contribution is 6.29. The molecule has 0 saturated heterocycles. The van der Waals surface area contributed by atoms with Crippen molar-refractivity contribution in [2.45, 2.75) is 25.9 Å². The predicted molar refractivity (Wildman–Crippen MR) is 62.0 cm³/mol. The third-order valence-electron chi connectivity index (χ3n) is 2.06. The summed E-state index contributed by atoms with van der Waals surface area (Å²) in [5.41, 5.74) is 1.08. The van der Waals surface area contributed by atoms with Crippen LogP contribution in [0.1, 0.15) is 19.4 Å². The largest absolute Gasteiger partial charge is 0.383 e. The van der Waals surface area contributed by atoms with Gasteiger partial charge in [-0.15, -0.1) is 0 Å². The molecule has 0 atom stereocenters. The van der Waals surface area contributed by atoms with E-state index in [1.165, 1.54) is 0 Å². The van der Waals surface area contributed by atoms with Crippen molar-refractivity contribution in [3.8, 4) is 0 Å². The average molecular weight is 229 g/mol. The summed E-state index contributed by atoms with van der Waals surface area (Å²) in [7, 11) is 1.70. The molecular weight excluding hydrogens is 212 g/mol. The quantitative estimate of drug-likeness (QED) is 0.785. The second-order valence-corrected chi connectivity index (χ2v) is 4.55. The SMILES string of the molecule is COCC(C)(C)NCc1ccc(Cl)nc1. The first-order valence-electron chi connectivity index (χ1n) is 4.88. The van der Waals surface area contributed by atoms with Crippen molar-refractivity contribution in [3.05, 3.63) is 29.0 Å². The molecule has 3 nitrogen and oxygen atoms in total. The Morgan fingerprint density at radius 3 is 2.73 bits per heavy atom. The van der Waals surface area contributed by atoms with Crippen molar-refractivity contribution in [1.82, 2.24) is 10.3 Å². The van der Waals surface area contributed by atoms with Gasteiger partial charge in [0.2, 0.25) is 0 Å². The van der Waals surface area contributed by atoms with Crippen LogP contribution < -0.4 is 5.32 Å². The zero-order valence-electron chi connectivity index (χ0n) is 9.38. The molecule has 1 aromatic rings. The molecule has 0 saturated carbocycles. The lowest BCUT2D eigenvalue weighted by Crippen LogP contribution is -2.42. The van der Waals surface area contributed by atoms with Crippen LogP contribution in [0.3, 0.4) is 0 Å². The Morgan fingerprint density at radius 2 is 2.20 bits per heavy atom. The van der Waals surface area contributed by atoms with Gasteiger partial charge in [-0.1, -0.05) is 17.7 Å². The number of halogens is 1. The fourth-order valence-corrected chi connectivity index (χ4v) is 1.38. The van der Waals surface area contributed by atoms with E-state index < -0.39 is 0 Å². The van der Waals surface area contributed by atoms with E-state index >= 15 is 0 Å². The molecule has 0 aliphatic rings. The van der Waals surface area contributed by atoms with E-state index in [9.17, 15) is 0 Å². The molecule has 1 rings (SSSR count). The van der Waals surface area contributed by atoms with E-state index in [2.05, 4.69) is 24.1 Å². The molecule has 0 unspecified atom stereocenters. The highest BCUT2D eigenvalue weighted by Crippen LogP contribution is 2.08. The van der Waals surface area contributed by atoms with Crippen LogP contribution in [-0.2, 0) is 11.3 Å². The maximum Gasteiger partial charge on any atom is 0.129 e. The summed E-state index contributed by atoms with van der Waals surface area (Å²) in [4.78, 5) is 4.02. The Balaban J connectivity index is 2.46. The molecule has 15 heavy (non-hydrogen) atoms. The van der Waals surface area contributed by atoms with E-state index in [-0.39, 0.29) is 5.54 Å². The molecule has 0 aliphatic carbocycles. The summed E-state index contributed by atoms with van der Waals surface area (Å²) in [6.45, 7) is 5.63. The van der Waals surface area contributed by atoms with Crippen molar-refractivity contribution >= 4 is 11.6 Å². The molecule has 1 aromatic heterocycles. The molecule has 0 aromatic carbocycles. The van der Waals surface area contributed by atoms with Gasteiger partial charge in [0.15, 0.2) is 0 Å². The van der Waals surface area contributed by atoms with E-state index in [0.717, 1.165) is 12.1 Å². The van der Waals surface area contributed by atoms with Crippen molar-refractivity contribution in [3.63, 3.8) is 0 Å². The van der Waals surface area contributed by atoms with Crippen molar-refractivity contribution in [2.24, 2.45) is 0 Å². The minimum absolute atomic E-state index is 0.0333. The monoisotopic (exact) mass is 228 g/mol. The maximum absolute atomic E-state index is 5.70. The summed E-state index contributed by atoms with van der Waals surface area (Å²) in [5, 5.41) is 3.91. The van der Waals surface area contributed by atoms with Crippen molar-refractivity contribution in [2.75, 3.05) is 13.7 Å². The van der Waals surface area contributed by atoms with Crippen molar-refractivity contribution < 1.29 is 4.74 Å². The molecule has 0 radical (unpaired) electrons. The number of rotatable bonds is 5. The number of hydrogen-bond acceptors (Lipinski definition) is 3. The fourth-order valence-electron chi connectivity index (χ4n) is 1.26. The second kappa shape index (κ2) is 5.45. The summed E-state index contributed by atoms with van der Waals surface area (Å²) >= 11 is 5.70. The van der Waals surface area contributed by atoms with Gasteiger partial charge < -0.3 is 10.1 Å². The van der Waals surface area contributed by atoms with E-state index in [0.29, 0.717) is 11.8 Å². The zero-order valence-corrected chi connectivity index (χ0v) is 10.1. The van der Waals surface area contributed by atoms with Gasteiger partial charge in [0.25, 0.3) is 0 Å². The molecule has 0 bridgehead atoms. The maximum atomic E-state index is 5.70. The first-order valence-corrected chi connectivity index (χ1v) is 5.26. The smallest absolute Gasteiger partial charge is 0.129 e. The summed E-state index contributed by atoms with van der Waals surface area (Å²) in [6.07, 6.45) is 1.78. The van der Waals surface area contributed by atoms with Gasteiger partial charge in [0.1, 0.15) is 5.15 Å². The minimum Gasteiger partial charge on any atom is -0.383 e. The number of nitrogens with zero attached hydrogens (tertiary/aromatic N) is 1. The van der Waals surface area contributed by atoms with E-state index in [1.54, 1.807) is 19.4 Å². The Kier molecular flexibility index (Phi) is 4.51. The van der Waals surface area contributed by atoms with E-state index in [1.807, 2.05) is 6.07 Å². The van der Waals surface area contributed by atoms with E-state index in [4.69, 9.17) is 16.3 Å². The Bertz CT molecular complexity index is 298. The highest BCUT2D eigenvalue weighted by atomic mass is 35.5. The van der Waals surface area contributed by atoms with Crippen LogP contribution in [0.4, 0.5) is 0 Å². The number of aromatic nitrogens is 1. The first kappa shape index (κ1) is 12.4. The number of pyridine rings is 1. The van der Waals surface area contributed by atoms with Gasteiger partial charge in [0.05, 0.1) is 6.61 Å². The van der Waals surface area contributed by atoms with Crippen LogP contribution in [0.15, 0.2) is 18.3 Å². The fraction of sp³-hybridized carbons (Fsp3) is 0.545. The third-order valence-corrected chi connectivity index (χ3v) is 2.29. The Morgan fingerprint density at radius 1 is 1.47 bits per heavy atom. The molecule has 84 valence electrons. The molecular formula is C11H17ClN2O. The van der Waals surface area contributed by atoms with Crippen LogP contribution in [0.5, 0.6) is 0 Å². The second-order valence-electron chi connectivity index (χ2n) is 4.16. The Hall–Kier alpha value is -0.640. The lowest BCUT2D eigenvalue weighted by atomic mass is 10.1. The van der Waals surface area contributed by atoms with Crippen LogP contribution in [0.25, 0.3) is 0 Å². The normalized spacial score (nSPS) is 11.7. The number of methoxy groups -OCH3 is 1. The van der Waals surface area contributed by atoms with Crippen LogP contribution >= 0.6 is 11.6 Å². The number of ether oxygens (including phenoxy) is 1. The molecule has 0 amide bonds. The van der Waals surface area contributed by atoms with Gasteiger partial charge in [-0.3, -0.25) is 0 Å². The summed E-state index contributed by atoms with van der Waals surface area (Å²) in [5.74, 6) is 0. The molecule has 0 spiro atoms. The lowest BCUT2D eigenvalue weighted by Gasteiger charge is -2.25. The summed E-state index contributed by atoms with van der Waals surface area (Å²) in [6, 6.07) is 3.76. The minimum atomic E-state index is -0.0333. The summed E-state index contributed by atoms with van der Waals surface area (Å²) < 4.78 is 5.11. The number of nitrogens with one attached hydrogen (secondary N) is 1. The zero-order chi connectivity index (χ0) is 11.3. The lowest BCUT2D eigenvalue weighted by molar-refractivity contribution is 0.127. The van der Waals surface area contributed by atoms with Crippen LogP contribution in [0, 0.1) is 0 Å². The first-order chi connectivity index (χ1) is 7.03. The van der Waals surface area contributed by atoms with Gasteiger partial charge >= 0.3 is 0 Å². The molecule has 1 heterocycles. The van der Waals surface area contributed by atoms with Crippen LogP contribution in [0.2, 0.25) is 5.15 Å². The van der Waals surface area contributed by atoms with Crippen LogP contribution in [-0.4, -0.2) is 24.2 Å².